The van der Waals surface area contributed by atoms with E-state index in [9.17, 15) is 9.59 Å². The summed E-state index contributed by atoms with van der Waals surface area (Å²) in [4.78, 5) is 25.4. The van der Waals surface area contributed by atoms with Crippen LogP contribution < -0.4 is 0 Å². The number of rotatable bonds is 3. The largest absolute Gasteiger partial charge is 0.481 e. The topological polar surface area (TPSA) is 57.6 Å². The average Bonchev–Trinajstić information content (AvgIpc) is 2.30. The molecule has 0 aliphatic carbocycles. The molecule has 5 heteroatoms. The lowest BCUT2D eigenvalue weighted by atomic mass is 9.84. The number of hydrogen-bond donors (Lipinski definition) is 1. The number of aryl methyl sites for hydroxylation is 1. The van der Waals surface area contributed by atoms with Crippen molar-refractivity contribution in [1.29, 1.82) is 0 Å². The second-order valence-electron chi connectivity index (χ2n) is 6.36. The second kappa shape index (κ2) is 6.52. The Balaban J connectivity index is 3.33. The monoisotopic (exact) mass is 309 g/mol. The molecule has 0 radical (unpaired) electrons. The maximum Gasteiger partial charge on any atom is 0.307 e. The van der Waals surface area contributed by atoms with Crippen LogP contribution in [0.4, 0.5) is 4.79 Å². The summed E-state index contributed by atoms with van der Waals surface area (Å²) >= 11 is 1.19. The van der Waals surface area contributed by atoms with Crippen molar-refractivity contribution in [3.8, 4) is 0 Å². The van der Waals surface area contributed by atoms with Gasteiger partial charge in [0, 0.05) is 19.0 Å². The molecule has 116 valence electrons. The number of hydrogen-bond acceptors (Lipinski definition) is 3. The van der Waals surface area contributed by atoms with Crippen molar-refractivity contribution >= 4 is 23.0 Å². The van der Waals surface area contributed by atoms with E-state index in [1.165, 1.54) is 16.7 Å². The summed E-state index contributed by atoms with van der Waals surface area (Å²) in [6.45, 7) is 8.07. The maximum absolute atomic E-state index is 12.0. The van der Waals surface area contributed by atoms with Crippen molar-refractivity contribution in [1.82, 2.24) is 4.90 Å². The molecule has 1 amide bonds. The minimum absolute atomic E-state index is 0.00148. The van der Waals surface area contributed by atoms with Crippen LogP contribution in [0.3, 0.4) is 0 Å². The van der Waals surface area contributed by atoms with Crippen LogP contribution in [0.5, 0.6) is 0 Å². The standard InChI is InChI=1S/C16H23NO3S/c1-10-7-13(21-15(20)17(5)6)12(16(2,3)4)8-11(10)9-14(18)19/h7-8H,9H2,1-6H3,(H,18,19). The van der Waals surface area contributed by atoms with Crippen LogP contribution in [0.25, 0.3) is 0 Å². The van der Waals surface area contributed by atoms with E-state index in [2.05, 4.69) is 20.8 Å². The van der Waals surface area contributed by atoms with Crippen molar-refractivity contribution in [2.45, 2.75) is 44.4 Å². The van der Waals surface area contributed by atoms with E-state index in [1.54, 1.807) is 14.1 Å². The summed E-state index contributed by atoms with van der Waals surface area (Å²) in [6, 6.07) is 3.85. The Morgan fingerprint density at radius 1 is 1.24 bits per heavy atom. The highest BCUT2D eigenvalue weighted by atomic mass is 32.2. The first-order chi connectivity index (χ1) is 9.52. The Morgan fingerprint density at radius 2 is 1.81 bits per heavy atom. The quantitative estimate of drug-likeness (QED) is 0.865. The van der Waals surface area contributed by atoms with Gasteiger partial charge in [-0.15, -0.1) is 0 Å². The SMILES string of the molecule is Cc1cc(SC(=O)N(C)C)c(C(C)(C)C)cc1CC(=O)O. The lowest BCUT2D eigenvalue weighted by Crippen LogP contribution is -2.19. The van der Waals surface area contributed by atoms with E-state index in [4.69, 9.17) is 5.11 Å². The minimum Gasteiger partial charge on any atom is -0.481 e. The summed E-state index contributed by atoms with van der Waals surface area (Å²) in [7, 11) is 3.44. The highest BCUT2D eigenvalue weighted by molar-refractivity contribution is 8.13. The summed E-state index contributed by atoms with van der Waals surface area (Å²) in [5, 5.41) is 8.97. The fourth-order valence-corrected chi connectivity index (χ4v) is 3.02. The minimum atomic E-state index is -0.845. The third-order valence-electron chi connectivity index (χ3n) is 3.15. The van der Waals surface area contributed by atoms with Gasteiger partial charge in [0.25, 0.3) is 5.24 Å². The Kier molecular flexibility index (Phi) is 5.45. The molecule has 4 nitrogen and oxygen atoms in total. The summed E-state index contributed by atoms with van der Waals surface area (Å²) in [6.07, 6.45) is 0.00148. The van der Waals surface area contributed by atoms with Gasteiger partial charge >= 0.3 is 5.97 Å². The van der Waals surface area contributed by atoms with Gasteiger partial charge in [-0.25, -0.2) is 0 Å². The first-order valence-electron chi connectivity index (χ1n) is 6.77. The van der Waals surface area contributed by atoms with Crippen LogP contribution in [0, 0.1) is 6.92 Å². The van der Waals surface area contributed by atoms with Crippen LogP contribution in [-0.4, -0.2) is 35.3 Å². The maximum atomic E-state index is 12.0. The van der Waals surface area contributed by atoms with Crippen molar-refractivity contribution in [2.75, 3.05) is 14.1 Å². The molecule has 0 fully saturated rings. The third-order valence-corrected chi connectivity index (χ3v) is 4.25. The number of carboxylic acid groups (broad SMARTS) is 1. The molecule has 0 atom stereocenters. The van der Waals surface area contributed by atoms with E-state index >= 15 is 0 Å². The first-order valence-corrected chi connectivity index (χ1v) is 7.59. The molecule has 0 spiro atoms. The smallest absolute Gasteiger partial charge is 0.307 e. The van der Waals surface area contributed by atoms with E-state index < -0.39 is 5.97 Å². The van der Waals surface area contributed by atoms with Crippen molar-refractivity contribution in [3.63, 3.8) is 0 Å². The van der Waals surface area contributed by atoms with E-state index in [0.717, 1.165) is 21.6 Å². The number of carbonyl (C=O) groups is 2. The molecule has 0 saturated heterocycles. The number of carboxylic acids is 1. The zero-order valence-corrected chi connectivity index (χ0v) is 14.3. The van der Waals surface area contributed by atoms with Gasteiger partial charge in [-0.05, 0) is 46.9 Å². The van der Waals surface area contributed by atoms with Crippen LogP contribution in [0.1, 0.15) is 37.5 Å². The van der Waals surface area contributed by atoms with Crippen LogP contribution >= 0.6 is 11.8 Å². The number of amides is 1. The number of thioether (sulfide) groups is 1. The molecule has 0 aliphatic heterocycles. The molecule has 0 bridgehead atoms. The van der Waals surface area contributed by atoms with Gasteiger partial charge in [0.1, 0.15) is 0 Å². The summed E-state index contributed by atoms with van der Waals surface area (Å²) in [5.41, 5.74) is 2.55. The first kappa shape index (κ1) is 17.6. The fraction of sp³-hybridized carbons (Fsp3) is 0.500. The molecule has 0 saturated carbocycles. The van der Waals surface area contributed by atoms with E-state index in [1.807, 2.05) is 19.1 Å². The van der Waals surface area contributed by atoms with Gasteiger partial charge in [-0.1, -0.05) is 26.8 Å². The Bertz CT molecular complexity index is 559. The molecule has 1 N–H and O–H groups in total. The number of carbonyl (C=O) groups excluding carboxylic acids is 1. The van der Waals surface area contributed by atoms with Crippen LogP contribution in [-0.2, 0) is 16.6 Å². The molecular formula is C16H23NO3S. The van der Waals surface area contributed by atoms with Gasteiger partial charge in [-0.2, -0.15) is 0 Å². The van der Waals surface area contributed by atoms with Gasteiger partial charge in [0.15, 0.2) is 0 Å². The Morgan fingerprint density at radius 3 is 2.24 bits per heavy atom. The Labute approximate surface area is 130 Å². The molecule has 0 heterocycles. The molecule has 1 aromatic rings. The van der Waals surface area contributed by atoms with Crippen molar-refractivity contribution < 1.29 is 14.7 Å². The van der Waals surface area contributed by atoms with Gasteiger partial charge in [0.05, 0.1) is 6.42 Å². The lowest BCUT2D eigenvalue weighted by molar-refractivity contribution is -0.136. The second-order valence-corrected chi connectivity index (χ2v) is 7.35. The molecule has 0 aliphatic rings. The zero-order valence-electron chi connectivity index (χ0n) is 13.5. The Hall–Kier alpha value is -1.49. The molecule has 0 aromatic heterocycles. The molecule has 1 aromatic carbocycles. The molecular weight excluding hydrogens is 286 g/mol. The average molecular weight is 309 g/mol. The summed E-state index contributed by atoms with van der Waals surface area (Å²) < 4.78 is 0. The predicted octanol–water partition coefficient (Wildman–Crippen LogP) is 3.69. The highest BCUT2D eigenvalue weighted by Crippen LogP contribution is 2.35. The number of benzene rings is 1. The van der Waals surface area contributed by atoms with Crippen LogP contribution in [0.2, 0.25) is 0 Å². The van der Waals surface area contributed by atoms with Crippen molar-refractivity contribution in [2.24, 2.45) is 0 Å². The fourth-order valence-electron chi connectivity index (χ4n) is 1.94. The normalized spacial score (nSPS) is 11.3. The third kappa shape index (κ3) is 4.77. The van der Waals surface area contributed by atoms with Gasteiger partial charge in [0.2, 0.25) is 0 Å². The van der Waals surface area contributed by atoms with Crippen LogP contribution in [0.15, 0.2) is 17.0 Å². The zero-order chi connectivity index (χ0) is 16.4. The lowest BCUT2D eigenvalue weighted by Gasteiger charge is -2.24. The van der Waals surface area contributed by atoms with Crippen molar-refractivity contribution in [3.05, 3.63) is 28.8 Å². The number of aliphatic carboxylic acids is 1. The van der Waals surface area contributed by atoms with E-state index in [0.29, 0.717) is 0 Å². The molecule has 1 rings (SSSR count). The molecule has 21 heavy (non-hydrogen) atoms. The molecule has 0 unspecified atom stereocenters. The van der Waals surface area contributed by atoms with E-state index in [-0.39, 0.29) is 17.1 Å². The summed E-state index contributed by atoms with van der Waals surface area (Å²) in [5.74, 6) is -0.845. The predicted molar refractivity (Wildman–Crippen MR) is 86.2 cm³/mol. The number of nitrogens with zero attached hydrogens (tertiary/aromatic N) is 1. The highest BCUT2D eigenvalue weighted by Gasteiger charge is 2.22. The van der Waals surface area contributed by atoms with Gasteiger partial charge in [-0.3, -0.25) is 9.59 Å². The van der Waals surface area contributed by atoms with Gasteiger partial charge < -0.3 is 10.0 Å².